The largest absolute Gasteiger partial charge is 0.433 e. The zero-order chi connectivity index (χ0) is 11.5. The second kappa shape index (κ2) is 4.01. The molecule has 0 aliphatic rings. The highest BCUT2D eigenvalue weighted by Gasteiger charge is 2.11. The number of aromatic nitrogens is 1. The van der Waals surface area contributed by atoms with E-state index in [9.17, 15) is 14.9 Å². The van der Waals surface area contributed by atoms with Crippen molar-refractivity contribution in [2.45, 2.75) is 6.54 Å². The van der Waals surface area contributed by atoms with Crippen molar-refractivity contribution in [1.29, 1.82) is 0 Å². The highest BCUT2D eigenvalue weighted by Crippen LogP contribution is 2.16. The van der Waals surface area contributed by atoms with Crippen LogP contribution in [0.25, 0.3) is 0 Å². The second-order valence-electron chi connectivity index (χ2n) is 3.20. The highest BCUT2D eigenvalue weighted by atomic mass is 16.6. The van der Waals surface area contributed by atoms with Gasteiger partial charge in [0.25, 0.3) is 0 Å². The summed E-state index contributed by atoms with van der Waals surface area (Å²) in [7, 11) is 0. The van der Waals surface area contributed by atoms with Crippen LogP contribution in [-0.2, 0) is 6.54 Å². The predicted octanol–water partition coefficient (Wildman–Crippen LogP) is 1.40. The van der Waals surface area contributed by atoms with Crippen LogP contribution in [0.3, 0.4) is 0 Å². The maximum absolute atomic E-state index is 10.8. The molecule has 0 spiro atoms. The van der Waals surface area contributed by atoms with Crippen LogP contribution in [0.2, 0.25) is 0 Å². The van der Waals surface area contributed by atoms with Gasteiger partial charge in [0.15, 0.2) is 5.43 Å². The fourth-order valence-electron chi connectivity index (χ4n) is 1.28. The minimum atomic E-state index is -0.588. The quantitative estimate of drug-likeness (QED) is 0.578. The Hall–Kier alpha value is -2.37. The molecule has 0 unspecified atom stereocenters. The van der Waals surface area contributed by atoms with E-state index in [1.54, 1.807) is 17.0 Å². The van der Waals surface area contributed by atoms with Gasteiger partial charge in [-0.3, -0.25) is 14.9 Å². The van der Waals surface area contributed by atoms with E-state index in [0.717, 1.165) is 0 Å². The van der Waals surface area contributed by atoms with E-state index in [1.807, 2.05) is 0 Å². The molecule has 0 saturated carbocycles. The molecule has 2 heterocycles. The van der Waals surface area contributed by atoms with E-state index in [-0.39, 0.29) is 11.3 Å². The standard InChI is InChI=1S/C10H8N2O4/c13-8-3-5-11(6-4-8)7-9-1-2-10(16-9)12(14)15/h1-6H,7H2. The molecule has 0 saturated heterocycles. The molecule has 0 aliphatic heterocycles. The van der Waals surface area contributed by atoms with Crippen molar-refractivity contribution in [3.63, 3.8) is 0 Å². The van der Waals surface area contributed by atoms with Crippen molar-refractivity contribution in [2.24, 2.45) is 0 Å². The fraction of sp³-hybridized carbons (Fsp3) is 0.100. The first-order valence-electron chi connectivity index (χ1n) is 4.54. The smallest absolute Gasteiger partial charge is 0.404 e. The average Bonchev–Trinajstić information content (AvgIpc) is 2.70. The molecule has 0 N–H and O–H groups in total. The van der Waals surface area contributed by atoms with Crippen molar-refractivity contribution in [1.82, 2.24) is 4.57 Å². The van der Waals surface area contributed by atoms with Crippen molar-refractivity contribution in [3.05, 3.63) is 62.8 Å². The molecule has 2 aromatic heterocycles. The first kappa shape index (κ1) is 10.2. The number of furan rings is 1. The minimum Gasteiger partial charge on any atom is -0.404 e. The summed E-state index contributed by atoms with van der Waals surface area (Å²) in [6.45, 7) is 0.355. The molecule has 2 aromatic rings. The van der Waals surface area contributed by atoms with Crippen molar-refractivity contribution in [3.8, 4) is 0 Å². The molecule has 0 amide bonds. The molecule has 6 heteroatoms. The van der Waals surface area contributed by atoms with Crippen molar-refractivity contribution < 1.29 is 9.34 Å². The third-order valence-electron chi connectivity index (χ3n) is 2.03. The van der Waals surface area contributed by atoms with Crippen LogP contribution in [0, 0.1) is 10.1 Å². The highest BCUT2D eigenvalue weighted by molar-refractivity contribution is 5.18. The lowest BCUT2D eigenvalue weighted by Crippen LogP contribution is -2.03. The van der Waals surface area contributed by atoms with Crippen LogP contribution in [0.4, 0.5) is 5.88 Å². The minimum absolute atomic E-state index is 0.0818. The second-order valence-corrected chi connectivity index (χ2v) is 3.20. The number of rotatable bonds is 3. The zero-order valence-corrected chi connectivity index (χ0v) is 8.20. The molecule has 0 aliphatic carbocycles. The summed E-state index contributed by atoms with van der Waals surface area (Å²) in [5, 5.41) is 10.4. The monoisotopic (exact) mass is 220 g/mol. The molecule has 6 nitrogen and oxygen atoms in total. The molecule has 82 valence electrons. The van der Waals surface area contributed by atoms with Crippen LogP contribution in [0.5, 0.6) is 0 Å². The van der Waals surface area contributed by atoms with Crippen molar-refractivity contribution in [2.75, 3.05) is 0 Å². The summed E-state index contributed by atoms with van der Waals surface area (Å²) >= 11 is 0. The van der Waals surface area contributed by atoms with Gasteiger partial charge in [0.05, 0.1) is 12.6 Å². The molecule has 16 heavy (non-hydrogen) atoms. The van der Waals surface area contributed by atoms with Crippen LogP contribution in [0.1, 0.15) is 5.76 Å². The van der Waals surface area contributed by atoms with Gasteiger partial charge in [0.2, 0.25) is 0 Å². The molecule has 2 rings (SSSR count). The van der Waals surface area contributed by atoms with Crippen LogP contribution < -0.4 is 5.43 Å². The van der Waals surface area contributed by atoms with Gasteiger partial charge in [-0.25, -0.2) is 0 Å². The average molecular weight is 220 g/mol. The topological polar surface area (TPSA) is 78.3 Å². The van der Waals surface area contributed by atoms with Gasteiger partial charge in [0.1, 0.15) is 10.7 Å². The van der Waals surface area contributed by atoms with E-state index < -0.39 is 4.92 Å². The molecule has 0 atom stereocenters. The number of pyridine rings is 1. The lowest BCUT2D eigenvalue weighted by molar-refractivity contribution is -0.402. The van der Waals surface area contributed by atoms with Gasteiger partial charge in [0, 0.05) is 24.5 Å². The summed E-state index contributed by atoms with van der Waals surface area (Å²) in [4.78, 5) is 20.6. The predicted molar refractivity (Wildman–Crippen MR) is 55.2 cm³/mol. The Morgan fingerprint density at radius 3 is 2.50 bits per heavy atom. The Kier molecular flexibility index (Phi) is 2.55. The molecular weight excluding hydrogens is 212 g/mol. The van der Waals surface area contributed by atoms with Gasteiger partial charge in [-0.05, 0) is 6.07 Å². The van der Waals surface area contributed by atoms with Crippen LogP contribution in [0.15, 0.2) is 45.9 Å². The molecule has 0 aromatic carbocycles. The zero-order valence-electron chi connectivity index (χ0n) is 8.20. The first-order chi connectivity index (χ1) is 7.65. The number of hydrogen-bond donors (Lipinski definition) is 0. The third kappa shape index (κ3) is 2.17. The van der Waals surface area contributed by atoms with Crippen LogP contribution in [-0.4, -0.2) is 9.49 Å². The summed E-state index contributed by atoms with van der Waals surface area (Å²) in [5.74, 6) is 0.186. The normalized spacial score (nSPS) is 10.2. The maximum atomic E-state index is 10.8. The first-order valence-corrected chi connectivity index (χ1v) is 4.54. The van der Waals surface area contributed by atoms with E-state index >= 15 is 0 Å². The summed E-state index contributed by atoms with van der Waals surface area (Å²) in [6.07, 6.45) is 3.19. The Bertz CT molecular complexity index is 550. The summed E-state index contributed by atoms with van der Waals surface area (Å²) in [6, 6.07) is 5.67. The van der Waals surface area contributed by atoms with Gasteiger partial charge in [-0.15, -0.1) is 0 Å². The molecule has 0 bridgehead atoms. The molecular formula is C10H8N2O4. The Balaban J connectivity index is 2.17. The molecule has 0 radical (unpaired) electrons. The van der Waals surface area contributed by atoms with Crippen molar-refractivity contribution >= 4 is 5.88 Å². The SMILES string of the molecule is O=c1ccn(Cc2ccc([N+](=O)[O-])o2)cc1. The Morgan fingerprint density at radius 1 is 1.25 bits per heavy atom. The van der Waals surface area contributed by atoms with Crippen LogP contribution >= 0.6 is 0 Å². The van der Waals surface area contributed by atoms with E-state index in [1.165, 1.54) is 24.3 Å². The Labute approximate surface area is 89.9 Å². The maximum Gasteiger partial charge on any atom is 0.433 e. The van der Waals surface area contributed by atoms with Gasteiger partial charge in [-0.1, -0.05) is 0 Å². The van der Waals surface area contributed by atoms with E-state index in [4.69, 9.17) is 4.42 Å². The third-order valence-corrected chi connectivity index (χ3v) is 2.03. The number of nitro groups is 1. The van der Waals surface area contributed by atoms with Gasteiger partial charge >= 0.3 is 5.88 Å². The lowest BCUT2D eigenvalue weighted by Gasteiger charge is -2.01. The summed E-state index contributed by atoms with van der Waals surface area (Å²) in [5.41, 5.74) is -0.0818. The Morgan fingerprint density at radius 2 is 1.94 bits per heavy atom. The lowest BCUT2D eigenvalue weighted by atomic mass is 10.4. The fourth-order valence-corrected chi connectivity index (χ4v) is 1.28. The molecule has 0 fully saturated rings. The van der Waals surface area contributed by atoms with E-state index in [2.05, 4.69) is 0 Å². The van der Waals surface area contributed by atoms with Gasteiger partial charge in [-0.2, -0.15) is 0 Å². The van der Waals surface area contributed by atoms with Gasteiger partial charge < -0.3 is 8.98 Å². The number of nitrogens with zero attached hydrogens (tertiary/aromatic N) is 2. The van der Waals surface area contributed by atoms with E-state index in [0.29, 0.717) is 12.3 Å². The summed E-state index contributed by atoms with van der Waals surface area (Å²) < 4.78 is 6.68. The number of hydrogen-bond acceptors (Lipinski definition) is 4.